The van der Waals surface area contributed by atoms with Crippen molar-refractivity contribution in [1.29, 1.82) is 0 Å². The first-order valence-electron chi connectivity index (χ1n) is 8.19. The molecule has 0 spiro atoms. The molecule has 2 aromatic rings. The number of guanidine groups is 1. The Hall–Kier alpha value is -1.28. The summed E-state index contributed by atoms with van der Waals surface area (Å²) in [5, 5.41) is 8.10. The summed E-state index contributed by atoms with van der Waals surface area (Å²) in [4.78, 5) is 7.67. The number of halogens is 1. The molecule has 1 aliphatic heterocycles. The Morgan fingerprint density at radius 2 is 2.12 bits per heavy atom. The Morgan fingerprint density at radius 1 is 1.33 bits per heavy atom. The number of rotatable bonds is 5. The van der Waals surface area contributed by atoms with Crippen molar-refractivity contribution in [2.45, 2.75) is 20.3 Å². The summed E-state index contributed by atoms with van der Waals surface area (Å²) in [6, 6.07) is 6.43. The fourth-order valence-corrected chi connectivity index (χ4v) is 2.96. The lowest BCUT2D eigenvalue weighted by Gasteiger charge is -2.38. The summed E-state index contributed by atoms with van der Waals surface area (Å²) in [5.41, 5.74) is 4.11. The van der Waals surface area contributed by atoms with Crippen LogP contribution in [0.3, 0.4) is 0 Å². The van der Waals surface area contributed by atoms with Gasteiger partial charge >= 0.3 is 0 Å². The van der Waals surface area contributed by atoms with Crippen LogP contribution in [-0.2, 0) is 11.2 Å². The highest BCUT2D eigenvalue weighted by Gasteiger charge is 2.33. The fourth-order valence-electron chi connectivity index (χ4n) is 2.96. The van der Waals surface area contributed by atoms with Crippen LogP contribution in [0.2, 0.25) is 0 Å². The molecule has 0 aliphatic carbocycles. The first-order chi connectivity index (χ1) is 11.1. The molecule has 6 heteroatoms. The number of hydrogen-bond donors (Lipinski definition) is 3. The third kappa shape index (κ3) is 4.22. The molecule has 5 nitrogen and oxygen atoms in total. The Morgan fingerprint density at radius 3 is 2.79 bits per heavy atom. The number of para-hydroxylation sites is 1. The quantitative estimate of drug-likeness (QED) is 0.379. The lowest BCUT2D eigenvalue weighted by Crippen LogP contribution is -2.51. The van der Waals surface area contributed by atoms with Gasteiger partial charge in [-0.2, -0.15) is 0 Å². The van der Waals surface area contributed by atoms with Crippen molar-refractivity contribution in [3.05, 3.63) is 35.5 Å². The average Bonchev–Trinajstić information content (AvgIpc) is 2.93. The van der Waals surface area contributed by atoms with E-state index in [-0.39, 0.29) is 29.4 Å². The minimum Gasteiger partial charge on any atom is -0.380 e. The van der Waals surface area contributed by atoms with Gasteiger partial charge in [-0.05, 0) is 24.5 Å². The summed E-state index contributed by atoms with van der Waals surface area (Å²) in [6.07, 6.45) is 3.08. The molecule has 0 saturated carbocycles. The molecule has 1 saturated heterocycles. The van der Waals surface area contributed by atoms with Crippen molar-refractivity contribution in [2.75, 3.05) is 33.4 Å². The summed E-state index contributed by atoms with van der Waals surface area (Å²) >= 11 is 0. The number of H-pyrrole nitrogens is 1. The molecule has 0 unspecified atom stereocenters. The van der Waals surface area contributed by atoms with Crippen molar-refractivity contribution in [3.8, 4) is 0 Å². The van der Waals surface area contributed by atoms with Gasteiger partial charge < -0.3 is 20.4 Å². The number of aromatic nitrogens is 1. The van der Waals surface area contributed by atoms with Gasteiger partial charge in [-0.25, -0.2) is 0 Å². The lowest BCUT2D eigenvalue weighted by molar-refractivity contribution is -0.0971. The summed E-state index contributed by atoms with van der Waals surface area (Å²) in [6.45, 7) is 7.76. The van der Waals surface area contributed by atoms with E-state index < -0.39 is 0 Å². The normalized spacial score (nSPS) is 16.4. The molecule has 1 aromatic carbocycles. The van der Waals surface area contributed by atoms with E-state index in [0.717, 1.165) is 38.7 Å². The Labute approximate surface area is 160 Å². The molecule has 1 aromatic heterocycles. The molecule has 0 radical (unpaired) electrons. The number of aromatic amines is 1. The van der Waals surface area contributed by atoms with Crippen LogP contribution in [0.4, 0.5) is 0 Å². The average molecular weight is 442 g/mol. The zero-order valence-corrected chi connectivity index (χ0v) is 16.9. The standard InChI is InChI=1S/C18H26N4O.HI/c1-13-5-4-6-15-14(9-21-16(13)15)7-8-20-17(19-3)22-10-18(2)11-23-12-18;/h4-6,9,21H,7-8,10-12H2,1-3H3,(H2,19,20,22);1H. The van der Waals surface area contributed by atoms with Crippen LogP contribution in [0, 0.1) is 12.3 Å². The van der Waals surface area contributed by atoms with E-state index in [0.29, 0.717) is 0 Å². The minimum atomic E-state index is 0. The van der Waals surface area contributed by atoms with Gasteiger partial charge in [-0.1, -0.05) is 25.1 Å². The molecular formula is C18H27IN4O. The van der Waals surface area contributed by atoms with E-state index in [1.165, 1.54) is 22.0 Å². The van der Waals surface area contributed by atoms with Crippen molar-refractivity contribution in [2.24, 2.45) is 10.4 Å². The van der Waals surface area contributed by atoms with Gasteiger partial charge in [-0.15, -0.1) is 24.0 Å². The highest BCUT2D eigenvalue weighted by molar-refractivity contribution is 14.0. The molecule has 3 N–H and O–H groups in total. The number of fused-ring (bicyclic) bond motifs is 1. The van der Waals surface area contributed by atoms with Gasteiger partial charge in [0.25, 0.3) is 0 Å². The second-order valence-electron chi connectivity index (χ2n) is 6.72. The third-order valence-electron chi connectivity index (χ3n) is 4.50. The number of nitrogens with zero attached hydrogens (tertiary/aromatic N) is 1. The maximum absolute atomic E-state index is 5.28. The minimum absolute atomic E-state index is 0. The number of aliphatic imine (C=N–C) groups is 1. The molecule has 24 heavy (non-hydrogen) atoms. The summed E-state index contributed by atoms with van der Waals surface area (Å²) < 4.78 is 5.28. The van der Waals surface area contributed by atoms with Crippen molar-refractivity contribution >= 4 is 40.8 Å². The maximum Gasteiger partial charge on any atom is 0.191 e. The molecule has 1 fully saturated rings. The van der Waals surface area contributed by atoms with Gasteiger partial charge in [-0.3, -0.25) is 4.99 Å². The van der Waals surface area contributed by atoms with E-state index >= 15 is 0 Å². The molecular weight excluding hydrogens is 415 g/mol. The molecule has 0 atom stereocenters. The highest BCUT2D eigenvalue weighted by atomic mass is 127. The first-order valence-corrected chi connectivity index (χ1v) is 8.19. The van der Waals surface area contributed by atoms with Crippen LogP contribution in [-0.4, -0.2) is 44.3 Å². The summed E-state index contributed by atoms with van der Waals surface area (Å²) in [7, 11) is 1.81. The number of ether oxygens (including phenoxy) is 1. The topological polar surface area (TPSA) is 61.4 Å². The van der Waals surface area contributed by atoms with Crippen molar-refractivity contribution in [3.63, 3.8) is 0 Å². The largest absolute Gasteiger partial charge is 0.380 e. The van der Waals surface area contributed by atoms with Gasteiger partial charge in [0.2, 0.25) is 0 Å². The molecule has 0 bridgehead atoms. The Balaban J connectivity index is 0.00000208. The number of benzene rings is 1. The molecule has 2 heterocycles. The van der Waals surface area contributed by atoms with E-state index in [2.05, 4.69) is 58.9 Å². The Bertz CT molecular complexity index is 706. The van der Waals surface area contributed by atoms with Crippen LogP contribution in [0.5, 0.6) is 0 Å². The predicted molar refractivity (Wildman–Crippen MR) is 110 cm³/mol. The van der Waals surface area contributed by atoms with Crippen LogP contribution >= 0.6 is 24.0 Å². The van der Waals surface area contributed by atoms with E-state index in [1.54, 1.807) is 0 Å². The van der Waals surface area contributed by atoms with Gasteiger partial charge in [0.05, 0.1) is 13.2 Å². The van der Waals surface area contributed by atoms with Crippen LogP contribution in [0.25, 0.3) is 10.9 Å². The zero-order chi connectivity index (χ0) is 16.3. The predicted octanol–water partition coefficient (Wildman–Crippen LogP) is 2.84. The van der Waals surface area contributed by atoms with Gasteiger partial charge in [0.1, 0.15) is 0 Å². The van der Waals surface area contributed by atoms with E-state index in [4.69, 9.17) is 4.74 Å². The fraction of sp³-hybridized carbons (Fsp3) is 0.500. The lowest BCUT2D eigenvalue weighted by atomic mass is 9.89. The maximum atomic E-state index is 5.28. The second-order valence-corrected chi connectivity index (χ2v) is 6.72. The second kappa shape index (κ2) is 8.20. The van der Waals surface area contributed by atoms with Crippen LogP contribution in [0.15, 0.2) is 29.4 Å². The highest BCUT2D eigenvalue weighted by Crippen LogP contribution is 2.25. The van der Waals surface area contributed by atoms with Gasteiger partial charge in [0, 0.05) is 42.7 Å². The van der Waals surface area contributed by atoms with Crippen molar-refractivity contribution < 1.29 is 4.74 Å². The number of hydrogen-bond acceptors (Lipinski definition) is 2. The zero-order valence-electron chi connectivity index (χ0n) is 14.6. The van der Waals surface area contributed by atoms with Crippen molar-refractivity contribution in [1.82, 2.24) is 15.6 Å². The third-order valence-corrected chi connectivity index (χ3v) is 4.50. The van der Waals surface area contributed by atoms with E-state index in [9.17, 15) is 0 Å². The molecule has 0 amide bonds. The van der Waals surface area contributed by atoms with Gasteiger partial charge in [0.15, 0.2) is 5.96 Å². The van der Waals surface area contributed by atoms with E-state index in [1.807, 2.05) is 7.05 Å². The Kier molecular flexibility index (Phi) is 6.51. The number of nitrogens with one attached hydrogen (secondary N) is 3. The van der Waals surface area contributed by atoms with Crippen LogP contribution in [0.1, 0.15) is 18.1 Å². The first kappa shape index (κ1) is 19.1. The summed E-state index contributed by atoms with van der Waals surface area (Å²) in [5.74, 6) is 0.856. The smallest absolute Gasteiger partial charge is 0.191 e. The molecule has 132 valence electrons. The monoisotopic (exact) mass is 442 g/mol. The van der Waals surface area contributed by atoms with Crippen LogP contribution < -0.4 is 10.6 Å². The SMILES string of the molecule is CN=C(NCCc1c[nH]c2c(C)cccc12)NCC1(C)COC1.I. The molecule has 3 rings (SSSR count). The molecule has 1 aliphatic rings. The number of aryl methyl sites for hydroxylation is 1.